The summed E-state index contributed by atoms with van der Waals surface area (Å²) in [4.78, 5) is 33.8. The standard InChI is InChI=1S/C10H15NO5/c1-7(10(15)16-3)6-11(2)8(12)4-5-9(13)14/h4-5,7H,6H2,1-3H3,(H,13,14)/b5-4+. The van der Waals surface area contributed by atoms with Crippen molar-refractivity contribution in [2.45, 2.75) is 6.92 Å². The summed E-state index contributed by atoms with van der Waals surface area (Å²) in [5.41, 5.74) is 0. The molecular weight excluding hydrogens is 214 g/mol. The molecule has 1 atom stereocenters. The SMILES string of the molecule is COC(=O)C(C)CN(C)C(=O)/C=C/C(=O)O. The molecule has 90 valence electrons. The summed E-state index contributed by atoms with van der Waals surface area (Å²) in [5, 5.41) is 8.32. The van der Waals surface area contributed by atoms with Crippen molar-refractivity contribution in [3.63, 3.8) is 0 Å². The average Bonchev–Trinajstić information content (AvgIpc) is 2.24. The van der Waals surface area contributed by atoms with E-state index in [2.05, 4.69) is 4.74 Å². The van der Waals surface area contributed by atoms with E-state index in [-0.39, 0.29) is 6.54 Å². The highest BCUT2D eigenvalue weighted by atomic mass is 16.5. The van der Waals surface area contributed by atoms with E-state index in [4.69, 9.17) is 5.11 Å². The minimum absolute atomic E-state index is 0.176. The first-order valence-electron chi connectivity index (χ1n) is 4.62. The van der Waals surface area contributed by atoms with E-state index >= 15 is 0 Å². The lowest BCUT2D eigenvalue weighted by Crippen LogP contribution is -2.33. The minimum atomic E-state index is -1.19. The van der Waals surface area contributed by atoms with Crippen molar-refractivity contribution < 1.29 is 24.2 Å². The molecule has 1 unspecified atom stereocenters. The van der Waals surface area contributed by atoms with Crippen LogP contribution >= 0.6 is 0 Å². The van der Waals surface area contributed by atoms with Gasteiger partial charge in [-0.15, -0.1) is 0 Å². The van der Waals surface area contributed by atoms with Gasteiger partial charge in [0.15, 0.2) is 0 Å². The first-order chi connectivity index (χ1) is 7.38. The molecule has 0 saturated heterocycles. The Balaban J connectivity index is 4.25. The molecule has 0 fully saturated rings. The average molecular weight is 229 g/mol. The van der Waals surface area contributed by atoms with E-state index in [0.29, 0.717) is 0 Å². The molecule has 0 aliphatic heterocycles. The van der Waals surface area contributed by atoms with Crippen molar-refractivity contribution in [1.29, 1.82) is 0 Å². The van der Waals surface area contributed by atoms with E-state index in [9.17, 15) is 14.4 Å². The van der Waals surface area contributed by atoms with Crippen LogP contribution in [0.15, 0.2) is 12.2 Å². The second-order valence-electron chi connectivity index (χ2n) is 3.31. The smallest absolute Gasteiger partial charge is 0.328 e. The van der Waals surface area contributed by atoms with Gasteiger partial charge >= 0.3 is 11.9 Å². The molecule has 0 rings (SSSR count). The van der Waals surface area contributed by atoms with Gasteiger partial charge in [0, 0.05) is 25.7 Å². The van der Waals surface area contributed by atoms with Gasteiger partial charge in [-0.2, -0.15) is 0 Å². The third-order valence-electron chi connectivity index (χ3n) is 1.90. The number of methoxy groups -OCH3 is 1. The molecule has 0 aromatic heterocycles. The van der Waals surface area contributed by atoms with Gasteiger partial charge in [0.25, 0.3) is 0 Å². The van der Waals surface area contributed by atoms with Crippen molar-refractivity contribution in [3.8, 4) is 0 Å². The van der Waals surface area contributed by atoms with E-state index in [1.165, 1.54) is 19.1 Å². The van der Waals surface area contributed by atoms with Crippen LogP contribution in [0.2, 0.25) is 0 Å². The number of carbonyl (C=O) groups is 3. The van der Waals surface area contributed by atoms with Crippen LogP contribution in [-0.4, -0.2) is 48.6 Å². The second kappa shape index (κ2) is 6.60. The molecule has 0 radical (unpaired) electrons. The third-order valence-corrected chi connectivity index (χ3v) is 1.90. The molecule has 0 aromatic carbocycles. The van der Waals surface area contributed by atoms with Crippen molar-refractivity contribution in [1.82, 2.24) is 4.90 Å². The Kier molecular flexibility index (Phi) is 5.84. The Hall–Kier alpha value is -1.85. The number of ether oxygens (including phenoxy) is 1. The summed E-state index contributed by atoms with van der Waals surface area (Å²) in [6.07, 6.45) is 1.69. The first-order valence-corrected chi connectivity index (χ1v) is 4.62. The summed E-state index contributed by atoms with van der Waals surface area (Å²) in [5.74, 6) is -2.53. The maximum Gasteiger partial charge on any atom is 0.328 e. The number of carboxylic acids is 1. The molecule has 0 heterocycles. The third kappa shape index (κ3) is 5.14. The highest BCUT2D eigenvalue weighted by Gasteiger charge is 2.17. The summed E-state index contributed by atoms with van der Waals surface area (Å²) in [6.45, 7) is 1.80. The van der Waals surface area contributed by atoms with E-state index in [1.54, 1.807) is 6.92 Å². The predicted molar refractivity (Wildman–Crippen MR) is 55.6 cm³/mol. The quantitative estimate of drug-likeness (QED) is 0.525. The summed E-state index contributed by atoms with van der Waals surface area (Å²) in [6, 6.07) is 0. The van der Waals surface area contributed by atoms with Crippen LogP contribution in [0.1, 0.15) is 6.92 Å². The molecule has 0 aliphatic rings. The Labute approximate surface area is 93.5 Å². The molecule has 1 amide bonds. The molecule has 6 heteroatoms. The summed E-state index contributed by atoms with van der Waals surface area (Å²) >= 11 is 0. The number of amides is 1. The van der Waals surface area contributed by atoms with Gasteiger partial charge in [0.1, 0.15) is 0 Å². The molecule has 0 bridgehead atoms. The Morgan fingerprint density at radius 2 is 1.94 bits per heavy atom. The minimum Gasteiger partial charge on any atom is -0.478 e. The highest BCUT2D eigenvalue weighted by Crippen LogP contribution is 2.01. The number of hydrogen-bond donors (Lipinski definition) is 1. The first kappa shape index (κ1) is 14.2. The number of hydrogen-bond acceptors (Lipinski definition) is 4. The number of rotatable bonds is 5. The molecule has 0 aromatic rings. The van der Waals surface area contributed by atoms with E-state index < -0.39 is 23.8 Å². The fraction of sp³-hybridized carbons (Fsp3) is 0.500. The molecule has 0 saturated carbocycles. The van der Waals surface area contributed by atoms with E-state index in [0.717, 1.165) is 12.2 Å². The van der Waals surface area contributed by atoms with Crippen molar-refractivity contribution in [3.05, 3.63) is 12.2 Å². The summed E-state index contributed by atoms with van der Waals surface area (Å²) < 4.78 is 4.50. The van der Waals surface area contributed by atoms with Crippen molar-refractivity contribution in [2.75, 3.05) is 20.7 Å². The highest BCUT2D eigenvalue weighted by molar-refractivity contribution is 5.93. The number of carboxylic acid groups (broad SMARTS) is 1. The maximum absolute atomic E-state index is 11.3. The zero-order valence-electron chi connectivity index (χ0n) is 9.47. The van der Waals surface area contributed by atoms with Crippen LogP contribution in [-0.2, 0) is 19.1 Å². The lowest BCUT2D eigenvalue weighted by Gasteiger charge is -2.18. The Morgan fingerprint density at radius 3 is 2.38 bits per heavy atom. The number of aliphatic carboxylic acids is 1. The number of esters is 1. The Morgan fingerprint density at radius 1 is 1.38 bits per heavy atom. The molecule has 0 aliphatic carbocycles. The molecule has 1 N–H and O–H groups in total. The monoisotopic (exact) mass is 229 g/mol. The topological polar surface area (TPSA) is 83.9 Å². The second-order valence-corrected chi connectivity index (χ2v) is 3.31. The van der Waals surface area contributed by atoms with Crippen LogP contribution in [0.5, 0.6) is 0 Å². The maximum atomic E-state index is 11.3. The number of nitrogens with zero attached hydrogens (tertiary/aromatic N) is 1. The van der Waals surface area contributed by atoms with Gasteiger partial charge in [0.2, 0.25) is 5.91 Å². The zero-order chi connectivity index (χ0) is 12.7. The van der Waals surface area contributed by atoms with Gasteiger partial charge in [-0.3, -0.25) is 9.59 Å². The van der Waals surface area contributed by atoms with Crippen molar-refractivity contribution >= 4 is 17.8 Å². The van der Waals surface area contributed by atoms with Crippen LogP contribution in [0, 0.1) is 5.92 Å². The van der Waals surface area contributed by atoms with Gasteiger partial charge in [-0.25, -0.2) is 4.79 Å². The molecular formula is C10H15NO5. The number of carbonyl (C=O) groups excluding carboxylic acids is 2. The largest absolute Gasteiger partial charge is 0.478 e. The van der Waals surface area contributed by atoms with E-state index in [1.807, 2.05) is 0 Å². The fourth-order valence-electron chi connectivity index (χ4n) is 1.05. The summed E-state index contributed by atoms with van der Waals surface area (Å²) in [7, 11) is 2.75. The molecule has 16 heavy (non-hydrogen) atoms. The normalized spacial score (nSPS) is 12.2. The zero-order valence-corrected chi connectivity index (χ0v) is 9.47. The molecule has 0 spiro atoms. The van der Waals surface area contributed by atoms with Crippen LogP contribution in [0.3, 0.4) is 0 Å². The fourth-order valence-corrected chi connectivity index (χ4v) is 1.05. The van der Waals surface area contributed by atoms with Gasteiger partial charge in [0.05, 0.1) is 13.0 Å². The van der Waals surface area contributed by atoms with Gasteiger partial charge in [-0.1, -0.05) is 6.92 Å². The number of likely N-dealkylation sites (N-methyl/N-ethyl adjacent to an activating group) is 1. The van der Waals surface area contributed by atoms with Crippen LogP contribution in [0.4, 0.5) is 0 Å². The lowest BCUT2D eigenvalue weighted by molar-refractivity contribution is -0.146. The lowest BCUT2D eigenvalue weighted by atomic mass is 10.2. The predicted octanol–water partition coefficient (Wildman–Crippen LogP) is -0.105. The Bertz CT molecular complexity index is 310. The van der Waals surface area contributed by atoms with Gasteiger partial charge in [-0.05, 0) is 0 Å². The van der Waals surface area contributed by atoms with Crippen LogP contribution < -0.4 is 0 Å². The van der Waals surface area contributed by atoms with Crippen LogP contribution in [0.25, 0.3) is 0 Å². The van der Waals surface area contributed by atoms with Crippen molar-refractivity contribution in [2.24, 2.45) is 5.92 Å². The molecule has 6 nitrogen and oxygen atoms in total. The van der Waals surface area contributed by atoms with Gasteiger partial charge < -0.3 is 14.7 Å².